The number of likely N-dealkylation sites (tertiary alicyclic amines) is 1. The van der Waals surface area contributed by atoms with Gasteiger partial charge in [0.1, 0.15) is 6.10 Å². The number of nitrogens with zero attached hydrogens (tertiary/aromatic N) is 3. The fourth-order valence-electron chi connectivity index (χ4n) is 4.02. The van der Waals surface area contributed by atoms with Crippen molar-refractivity contribution >= 4 is 17.9 Å². The van der Waals surface area contributed by atoms with E-state index in [0.29, 0.717) is 6.61 Å². The van der Waals surface area contributed by atoms with E-state index in [1.165, 1.54) is 6.07 Å². The van der Waals surface area contributed by atoms with Crippen molar-refractivity contribution in [2.75, 3.05) is 19.7 Å². The number of ether oxygens (including phenoxy) is 2. The summed E-state index contributed by atoms with van der Waals surface area (Å²) in [6.45, 7) is 5.22. The normalized spacial score (nSPS) is 19.6. The fourth-order valence-corrected chi connectivity index (χ4v) is 4.02. The van der Waals surface area contributed by atoms with Crippen LogP contribution >= 0.6 is 0 Å². The molecule has 0 unspecified atom stereocenters. The summed E-state index contributed by atoms with van der Waals surface area (Å²) >= 11 is 0. The van der Waals surface area contributed by atoms with Crippen LogP contribution in [-0.4, -0.2) is 98.0 Å². The Morgan fingerprint density at radius 1 is 0.936 bits per heavy atom. The lowest BCUT2D eigenvalue weighted by Gasteiger charge is -2.39. The number of aromatic nitrogens is 2. The lowest BCUT2D eigenvalue weighted by molar-refractivity contribution is -0.193. The molecule has 2 fully saturated rings. The zero-order valence-electron chi connectivity index (χ0n) is 24.0. The first-order valence-corrected chi connectivity index (χ1v) is 12.9. The summed E-state index contributed by atoms with van der Waals surface area (Å²) in [4.78, 5) is 37.7. The van der Waals surface area contributed by atoms with Crippen molar-refractivity contribution in [1.82, 2.24) is 14.9 Å². The molecule has 47 heavy (non-hydrogen) atoms. The summed E-state index contributed by atoms with van der Waals surface area (Å²) in [7, 11) is 0. The van der Waals surface area contributed by atoms with Crippen LogP contribution in [0.1, 0.15) is 30.7 Å². The molecule has 3 N–H and O–H groups in total. The number of carbonyl (C=O) groups is 3. The number of carboxylic acid groups (broad SMARTS) is 3. The van der Waals surface area contributed by atoms with Crippen molar-refractivity contribution in [3.8, 4) is 5.88 Å². The number of aryl methyl sites for hydroxylation is 1. The summed E-state index contributed by atoms with van der Waals surface area (Å²) in [5.41, 5.74) is 1.92. The Balaban J connectivity index is 0.000000430. The molecule has 0 aliphatic carbocycles. The molecule has 4 rings (SSSR count). The molecule has 0 bridgehead atoms. The zero-order valence-corrected chi connectivity index (χ0v) is 24.0. The second-order valence-electron chi connectivity index (χ2n) is 9.72. The van der Waals surface area contributed by atoms with Crippen molar-refractivity contribution in [3.05, 3.63) is 53.7 Å². The van der Waals surface area contributed by atoms with Gasteiger partial charge in [0.15, 0.2) is 5.82 Å². The second-order valence-corrected chi connectivity index (χ2v) is 9.72. The van der Waals surface area contributed by atoms with E-state index in [2.05, 4.69) is 27.0 Å². The number of alkyl halides is 9. The Bertz CT molecular complexity index is 1280. The molecular weight excluding hydrogens is 672 g/mol. The van der Waals surface area contributed by atoms with Crippen LogP contribution in [0.4, 0.5) is 43.9 Å². The quantitative estimate of drug-likeness (QED) is 0.368. The molecule has 0 aromatic carbocycles. The van der Waals surface area contributed by atoms with Crippen LogP contribution in [0.15, 0.2) is 36.5 Å². The van der Waals surface area contributed by atoms with Gasteiger partial charge >= 0.3 is 36.4 Å². The van der Waals surface area contributed by atoms with Crippen molar-refractivity contribution in [3.63, 3.8) is 0 Å². The van der Waals surface area contributed by atoms with E-state index in [1.54, 1.807) is 12.3 Å². The summed E-state index contributed by atoms with van der Waals surface area (Å²) in [6, 6.07) is 9.06. The molecule has 1 spiro atoms. The number of aliphatic carboxylic acids is 3. The largest absolute Gasteiger partial charge is 0.490 e. The molecule has 2 atom stereocenters. The van der Waals surface area contributed by atoms with Gasteiger partial charge in [-0.1, -0.05) is 6.07 Å². The molecule has 0 radical (unpaired) electrons. The average Bonchev–Trinajstić information content (AvgIpc) is 3.30. The van der Waals surface area contributed by atoms with Crippen molar-refractivity contribution < 1.29 is 83.1 Å². The van der Waals surface area contributed by atoms with E-state index in [4.69, 9.17) is 39.2 Å². The molecule has 264 valence electrons. The average molecular weight is 699 g/mol. The summed E-state index contributed by atoms with van der Waals surface area (Å²) in [6.07, 6.45) is -11.0. The molecule has 2 aliphatic heterocycles. The van der Waals surface area contributed by atoms with E-state index < -0.39 is 42.3 Å². The minimum absolute atomic E-state index is 0.0646. The lowest BCUT2D eigenvalue weighted by atomic mass is 9.89. The van der Waals surface area contributed by atoms with E-state index in [-0.39, 0.29) is 17.6 Å². The standard InChI is InChI=1S/C20H24FN3O2.3C2HF3O2/c1-15-5-2-6-16(23-15)12-24-10-4-8-20(14-24)11-17(13-25-20)26-19-18(21)7-3-9-22-19;3*3-2(4,5)1(6)7/h2-3,5-7,9,17H,4,8,10-14H2,1H3;3*(H,6,7)/t17-,20-;;;/m0.../s1. The van der Waals surface area contributed by atoms with Gasteiger partial charge in [0.25, 0.3) is 5.88 Å². The number of rotatable bonds is 4. The molecule has 2 saturated heterocycles. The molecule has 0 amide bonds. The molecule has 2 aromatic heterocycles. The Hall–Kier alpha value is -4.27. The maximum atomic E-state index is 13.8. The van der Waals surface area contributed by atoms with Crippen molar-refractivity contribution in [1.29, 1.82) is 0 Å². The highest BCUT2D eigenvalue weighted by Crippen LogP contribution is 2.36. The Morgan fingerprint density at radius 3 is 1.94 bits per heavy atom. The van der Waals surface area contributed by atoms with Crippen LogP contribution in [0, 0.1) is 12.7 Å². The number of hydrogen-bond donors (Lipinski definition) is 3. The number of pyridine rings is 2. The molecule has 2 aromatic rings. The maximum absolute atomic E-state index is 13.8. The number of halogens is 10. The predicted octanol–water partition coefficient (Wildman–Crippen LogP) is 5.03. The monoisotopic (exact) mass is 699 g/mol. The molecule has 21 heteroatoms. The Kier molecular flexibility index (Phi) is 14.8. The minimum atomic E-state index is -5.08. The van der Waals surface area contributed by atoms with Crippen LogP contribution in [0.25, 0.3) is 0 Å². The Morgan fingerprint density at radius 2 is 1.47 bits per heavy atom. The van der Waals surface area contributed by atoms with Crippen LogP contribution in [-0.2, 0) is 25.7 Å². The Labute approximate surface area is 258 Å². The van der Waals surface area contributed by atoms with Gasteiger partial charge in [-0.2, -0.15) is 39.5 Å². The summed E-state index contributed by atoms with van der Waals surface area (Å²) < 4.78 is 121. The zero-order chi connectivity index (χ0) is 36.2. The molecular formula is C26H27F10N3O8. The van der Waals surface area contributed by atoms with E-state index >= 15 is 0 Å². The topological polar surface area (TPSA) is 159 Å². The first kappa shape index (κ1) is 40.8. The van der Waals surface area contributed by atoms with Gasteiger partial charge in [-0.05, 0) is 50.6 Å². The molecule has 11 nitrogen and oxygen atoms in total. The van der Waals surface area contributed by atoms with Crippen LogP contribution in [0.5, 0.6) is 5.88 Å². The molecule has 4 heterocycles. The van der Waals surface area contributed by atoms with Gasteiger partial charge in [-0.15, -0.1) is 0 Å². The van der Waals surface area contributed by atoms with Crippen LogP contribution in [0.3, 0.4) is 0 Å². The third kappa shape index (κ3) is 15.2. The van der Waals surface area contributed by atoms with Gasteiger partial charge in [0.05, 0.1) is 17.9 Å². The van der Waals surface area contributed by atoms with Crippen LogP contribution < -0.4 is 4.74 Å². The summed E-state index contributed by atoms with van der Waals surface area (Å²) in [5.74, 6) is -8.63. The SMILES string of the molecule is Cc1cccc(CN2CCC[C@]3(C[C@H](Oc4ncccc4F)CO3)C2)n1.O=C(O)C(F)(F)F.O=C(O)C(F)(F)F.O=C(O)C(F)(F)F. The van der Waals surface area contributed by atoms with E-state index in [1.807, 2.05) is 13.0 Å². The molecule has 0 saturated carbocycles. The first-order chi connectivity index (χ1) is 21.4. The minimum Gasteiger partial charge on any atom is -0.475 e. The van der Waals surface area contributed by atoms with E-state index in [9.17, 15) is 43.9 Å². The smallest absolute Gasteiger partial charge is 0.475 e. The van der Waals surface area contributed by atoms with Crippen molar-refractivity contribution in [2.45, 2.75) is 63.0 Å². The summed E-state index contributed by atoms with van der Waals surface area (Å²) in [5, 5.41) is 21.4. The molecule has 2 aliphatic rings. The van der Waals surface area contributed by atoms with Gasteiger partial charge in [-0.3, -0.25) is 9.88 Å². The van der Waals surface area contributed by atoms with E-state index in [0.717, 1.165) is 50.3 Å². The highest BCUT2D eigenvalue weighted by atomic mass is 19.4. The number of piperidine rings is 1. The van der Waals surface area contributed by atoms with Gasteiger partial charge < -0.3 is 24.8 Å². The van der Waals surface area contributed by atoms with Crippen LogP contribution in [0.2, 0.25) is 0 Å². The lowest BCUT2D eigenvalue weighted by Crippen LogP contribution is -2.47. The van der Waals surface area contributed by atoms with Gasteiger partial charge in [0.2, 0.25) is 0 Å². The highest BCUT2D eigenvalue weighted by molar-refractivity contribution is 5.73. The highest BCUT2D eigenvalue weighted by Gasteiger charge is 2.45. The van der Waals surface area contributed by atoms with Crippen molar-refractivity contribution in [2.24, 2.45) is 0 Å². The number of hydrogen-bond acceptors (Lipinski definition) is 8. The van der Waals surface area contributed by atoms with Gasteiger partial charge in [-0.25, -0.2) is 23.8 Å². The third-order valence-corrected chi connectivity index (χ3v) is 5.86. The second kappa shape index (κ2) is 17.0. The van der Waals surface area contributed by atoms with Gasteiger partial charge in [0, 0.05) is 31.4 Å². The third-order valence-electron chi connectivity index (χ3n) is 5.86. The number of carboxylic acids is 3. The predicted molar refractivity (Wildman–Crippen MR) is 136 cm³/mol. The first-order valence-electron chi connectivity index (χ1n) is 12.9. The maximum Gasteiger partial charge on any atom is 0.490 e. The fraction of sp³-hybridized carbons (Fsp3) is 0.500.